The number of hydrazone groups is 1. The van der Waals surface area contributed by atoms with Crippen LogP contribution >= 0.6 is 11.8 Å². The lowest BCUT2D eigenvalue weighted by Crippen LogP contribution is -2.25. The van der Waals surface area contributed by atoms with Crippen LogP contribution in [0.15, 0.2) is 5.10 Å². The standard InChI is InChI=1S/C10H20N2S/c1-4-12(2)11-9-7-5-6-8-10(9)13-3/h10H,4-8H2,1-3H3/b11-9+. The van der Waals surface area contributed by atoms with E-state index in [0.717, 1.165) is 6.54 Å². The highest BCUT2D eigenvalue weighted by Crippen LogP contribution is 2.24. The minimum atomic E-state index is 0.683. The molecule has 0 radical (unpaired) electrons. The average molecular weight is 200 g/mol. The van der Waals surface area contributed by atoms with E-state index in [1.165, 1.54) is 31.4 Å². The fraction of sp³-hybridized carbons (Fsp3) is 0.900. The van der Waals surface area contributed by atoms with E-state index in [2.05, 4.69) is 25.3 Å². The molecule has 0 aromatic rings. The summed E-state index contributed by atoms with van der Waals surface area (Å²) >= 11 is 1.95. The Labute approximate surface area is 85.8 Å². The largest absolute Gasteiger partial charge is 0.300 e. The Balaban J connectivity index is 2.57. The van der Waals surface area contributed by atoms with Crippen LogP contribution in [0.1, 0.15) is 32.6 Å². The van der Waals surface area contributed by atoms with Crippen molar-refractivity contribution in [3.8, 4) is 0 Å². The molecule has 0 saturated heterocycles. The summed E-state index contributed by atoms with van der Waals surface area (Å²) in [5.74, 6) is 0. The molecule has 1 saturated carbocycles. The quantitative estimate of drug-likeness (QED) is 0.651. The van der Waals surface area contributed by atoms with E-state index in [1.54, 1.807) is 0 Å². The molecule has 0 N–H and O–H groups in total. The second-order valence-corrected chi connectivity index (χ2v) is 4.58. The molecule has 1 aliphatic carbocycles. The number of thioether (sulfide) groups is 1. The van der Waals surface area contributed by atoms with Gasteiger partial charge in [0.1, 0.15) is 0 Å². The Morgan fingerprint density at radius 1 is 1.54 bits per heavy atom. The smallest absolute Gasteiger partial charge is 0.0510 e. The van der Waals surface area contributed by atoms with Crippen LogP contribution < -0.4 is 0 Å². The summed E-state index contributed by atoms with van der Waals surface area (Å²) < 4.78 is 0. The topological polar surface area (TPSA) is 15.6 Å². The van der Waals surface area contributed by atoms with E-state index in [0.29, 0.717) is 5.25 Å². The number of hydrogen-bond acceptors (Lipinski definition) is 3. The molecule has 1 atom stereocenters. The van der Waals surface area contributed by atoms with Crippen molar-refractivity contribution in [1.82, 2.24) is 5.01 Å². The van der Waals surface area contributed by atoms with Gasteiger partial charge in [-0.15, -0.1) is 0 Å². The summed E-state index contributed by atoms with van der Waals surface area (Å²) in [5, 5.41) is 7.36. The highest BCUT2D eigenvalue weighted by molar-refractivity contribution is 7.99. The Morgan fingerprint density at radius 3 is 2.92 bits per heavy atom. The molecule has 0 amide bonds. The Hall–Kier alpha value is -0.180. The molecule has 1 unspecified atom stereocenters. The van der Waals surface area contributed by atoms with Gasteiger partial charge in [-0.1, -0.05) is 6.42 Å². The molecule has 0 bridgehead atoms. The predicted molar refractivity (Wildman–Crippen MR) is 61.5 cm³/mol. The second kappa shape index (κ2) is 5.53. The predicted octanol–water partition coefficient (Wildman–Crippen LogP) is 2.60. The maximum Gasteiger partial charge on any atom is 0.0510 e. The fourth-order valence-electron chi connectivity index (χ4n) is 1.62. The summed E-state index contributed by atoms with van der Waals surface area (Å²) in [6, 6.07) is 0. The summed E-state index contributed by atoms with van der Waals surface area (Å²) in [4.78, 5) is 0. The highest BCUT2D eigenvalue weighted by Gasteiger charge is 2.19. The third kappa shape index (κ3) is 3.22. The van der Waals surface area contributed by atoms with Gasteiger partial charge in [0.15, 0.2) is 0 Å². The van der Waals surface area contributed by atoms with Gasteiger partial charge >= 0.3 is 0 Å². The summed E-state index contributed by atoms with van der Waals surface area (Å²) in [6.45, 7) is 3.14. The first-order chi connectivity index (χ1) is 6.27. The number of nitrogens with zero attached hydrogens (tertiary/aromatic N) is 2. The van der Waals surface area contributed by atoms with Crippen LogP contribution in [-0.4, -0.2) is 35.8 Å². The maximum absolute atomic E-state index is 4.64. The van der Waals surface area contributed by atoms with Crippen LogP contribution in [0.5, 0.6) is 0 Å². The average Bonchev–Trinajstić information content (AvgIpc) is 2.18. The molecule has 3 heteroatoms. The van der Waals surface area contributed by atoms with Crippen molar-refractivity contribution in [2.45, 2.75) is 37.9 Å². The SMILES string of the molecule is CCN(C)/N=C1\CCCCC1SC. The van der Waals surface area contributed by atoms with Crippen LogP contribution in [0.3, 0.4) is 0 Å². The van der Waals surface area contributed by atoms with Crippen molar-refractivity contribution in [2.24, 2.45) is 5.10 Å². The fourth-order valence-corrected chi connectivity index (χ4v) is 2.46. The first kappa shape index (κ1) is 10.9. The van der Waals surface area contributed by atoms with Gasteiger partial charge in [0, 0.05) is 18.8 Å². The molecule has 1 fully saturated rings. The van der Waals surface area contributed by atoms with Crippen molar-refractivity contribution < 1.29 is 0 Å². The lowest BCUT2D eigenvalue weighted by atomic mass is 9.98. The van der Waals surface area contributed by atoms with Gasteiger partial charge in [0.2, 0.25) is 0 Å². The Morgan fingerprint density at radius 2 is 2.31 bits per heavy atom. The molecule has 1 rings (SSSR count). The summed E-state index contributed by atoms with van der Waals surface area (Å²) in [6.07, 6.45) is 7.42. The Bertz CT molecular complexity index is 180. The van der Waals surface area contributed by atoms with Crippen molar-refractivity contribution >= 4 is 17.5 Å². The lowest BCUT2D eigenvalue weighted by molar-refractivity contribution is 0.371. The minimum absolute atomic E-state index is 0.683. The third-order valence-corrected chi connectivity index (χ3v) is 3.64. The van der Waals surface area contributed by atoms with Gasteiger partial charge in [-0.2, -0.15) is 16.9 Å². The van der Waals surface area contributed by atoms with Crippen molar-refractivity contribution in [1.29, 1.82) is 0 Å². The normalized spacial score (nSPS) is 26.4. The van der Waals surface area contributed by atoms with Crippen LogP contribution in [0.2, 0.25) is 0 Å². The first-order valence-corrected chi connectivity index (χ1v) is 6.38. The molecule has 0 aromatic carbocycles. The zero-order valence-electron chi connectivity index (χ0n) is 8.92. The molecule has 0 aromatic heterocycles. The van der Waals surface area contributed by atoms with Crippen molar-refractivity contribution in [3.05, 3.63) is 0 Å². The van der Waals surface area contributed by atoms with E-state index in [9.17, 15) is 0 Å². The van der Waals surface area contributed by atoms with Gasteiger partial charge in [-0.05, 0) is 32.4 Å². The van der Waals surface area contributed by atoms with E-state index in [1.807, 2.05) is 16.8 Å². The van der Waals surface area contributed by atoms with Crippen LogP contribution in [-0.2, 0) is 0 Å². The van der Waals surface area contributed by atoms with Gasteiger partial charge in [-0.3, -0.25) is 0 Å². The van der Waals surface area contributed by atoms with E-state index in [-0.39, 0.29) is 0 Å². The minimum Gasteiger partial charge on any atom is -0.300 e. The highest BCUT2D eigenvalue weighted by atomic mass is 32.2. The van der Waals surface area contributed by atoms with Gasteiger partial charge in [-0.25, -0.2) is 0 Å². The zero-order chi connectivity index (χ0) is 9.68. The van der Waals surface area contributed by atoms with Crippen LogP contribution in [0.4, 0.5) is 0 Å². The molecule has 13 heavy (non-hydrogen) atoms. The number of hydrogen-bond donors (Lipinski definition) is 0. The van der Waals surface area contributed by atoms with Crippen molar-refractivity contribution in [2.75, 3.05) is 19.8 Å². The first-order valence-electron chi connectivity index (χ1n) is 5.09. The van der Waals surface area contributed by atoms with Crippen molar-refractivity contribution in [3.63, 3.8) is 0 Å². The lowest BCUT2D eigenvalue weighted by Gasteiger charge is -2.24. The van der Waals surface area contributed by atoms with E-state index < -0.39 is 0 Å². The monoisotopic (exact) mass is 200 g/mol. The molecule has 0 spiro atoms. The molecule has 1 aliphatic rings. The van der Waals surface area contributed by atoms with Crippen LogP contribution in [0, 0.1) is 0 Å². The Kier molecular flexibility index (Phi) is 4.64. The molecular weight excluding hydrogens is 180 g/mol. The third-order valence-electron chi connectivity index (χ3n) is 2.56. The summed E-state index contributed by atoms with van der Waals surface area (Å²) in [5.41, 5.74) is 1.41. The molecular formula is C10H20N2S. The molecule has 76 valence electrons. The van der Waals surface area contributed by atoms with E-state index in [4.69, 9.17) is 0 Å². The van der Waals surface area contributed by atoms with Crippen LogP contribution in [0.25, 0.3) is 0 Å². The summed E-state index contributed by atoms with van der Waals surface area (Å²) in [7, 11) is 2.05. The number of rotatable bonds is 3. The van der Waals surface area contributed by atoms with Gasteiger partial charge in [0.25, 0.3) is 0 Å². The molecule has 2 nitrogen and oxygen atoms in total. The second-order valence-electron chi connectivity index (χ2n) is 3.54. The maximum atomic E-state index is 4.64. The molecule has 0 aliphatic heterocycles. The van der Waals surface area contributed by atoms with E-state index >= 15 is 0 Å². The van der Waals surface area contributed by atoms with Gasteiger partial charge in [0.05, 0.1) is 5.71 Å². The molecule has 0 heterocycles. The van der Waals surface area contributed by atoms with Gasteiger partial charge < -0.3 is 5.01 Å². The zero-order valence-corrected chi connectivity index (χ0v) is 9.73.